The Morgan fingerprint density at radius 3 is 2.33 bits per heavy atom. The van der Waals surface area contributed by atoms with Gasteiger partial charge in [-0.25, -0.2) is 4.79 Å². The molecular formula is C22H23N3O5. The number of anilines is 2. The number of hydrogen-bond donors (Lipinski definition) is 1. The number of amides is 1. The van der Waals surface area contributed by atoms with Crippen molar-refractivity contribution in [3.05, 3.63) is 70.3 Å². The molecule has 8 heteroatoms. The maximum atomic E-state index is 12.0. The molecule has 8 nitrogen and oxygen atoms in total. The van der Waals surface area contributed by atoms with Crippen LogP contribution in [0.1, 0.15) is 24.8 Å². The van der Waals surface area contributed by atoms with Crippen molar-refractivity contribution in [2.45, 2.75) is 19.3 Å². The van der Waals surface area contributed by atoms with Gasteiger partial charge in [0.05, 0.1) is 4.92 Å². The molecule has 0 aromatic heterocycles. The molecule has 1 heterocycles. The van der Waals surface area contributed by atoms with Crippen LogP contribution >= 0.6 is 0 Å². The zero-order chi connectivity index (χ0) is 21.3. The molecule has 1 fully saturated rings. The maximum absolute atomic E-state index is 12.0. The number of nitrogens with zero attached hydrogens (tertiary/aromatic N) is 2. The van der Waals surface area contributed by atoms with Crippen molar-refractivity contribution in [2.24, 2.45) is 0 Å². The summed E-state index contributed by atoms with van der Waals surface area (Å²) in [4.78, 5) is 36.2. The predicted octanol–water partition coefficient (Wildman–Crippen LogP) is 3.78. The Hall–Kier alpha value is -3.68. The molecular weight excluding hydrogens is 386 g/mol. The first-order valence-corrected chi connectivity index (χ1v) is 9.75. The van der Waals surface area contributed by atoms with E-state index in [2.05, 4.69) is 10.2 Å². The summed E-state index contributed by atoms with van der Waals surface area (Å²) in [5.74, 6) is -1.11. The van der Waals surface area contributed by atoms with Gasteiger partial charge in [-0.2, -0.15) is 0 Å². The van der Waals surface area contributed by atoms with Crippen molar-refractivity contribution in [3.63, 3.8) is 0 Å². The molecule has 1 N–H and O–H groups in total. The molecule has 0 saturated carbocycles. The number of rotatable bonds is 7. The van der Waals surface area contributed by atoms with Crippen LogP contribution in [0, 0.1) is 10.1 Å². The molecule has 1 amide bonds. The molecule has 0 unspecified atom stereocenters. The molecule has 0 aliphatic carbocycles. The van der Waals surface area contributed by atoms with Crippen molar-refractivity contribution in [2.75, 3.05) is 29.9 Å². The van der Waals surface area contributed by atoms with E-state index < -0.39 is 23.4 Å². The molecule has 1 saturated heterocycles. The maximum Gasteiger partial charge on any atom is 0.331 e. The van der Waals surface area contributed by atoms with Crippen molar-refractivity contribution in [1.82, 2.24) is 0 Å². The van der Waals surface area contributed by atoms with Crippen LogP contribution < -0.4 is 10.2 Å². The van der Waals surface area contributed by atoms with Gasteiger partial charge in [0.25, 0.3) is 11.6 Å². The first-order valence-electron chi connectivity index (χ1n) is 9.75. The Balaban J connectivity index is 1.43. The zero-order valence-corrected chi connectivity index (χ0v) is 16.5. The highest BCUT2D eigenvalue weighted by molar-refractivity contribution is 5.94. The normalized spacial score (nSPS) is 13.8. The summed E-state index contributed by atoms with van der Waals surface area (Å²) in [7, 11) is 0. The fourth-order valence-corrected chi connectivity index (χ4v) is 3.16. The highest BCUT2D eigenvalue weighted by Crippen LogP contribution is 2.21. The van der Waals surface area contributed by atoms with Crippen LogP contribution in [0.5, 0.6) is 0 Å². The number of nitrogens with one attached hydrogen (secondary N) is 1. The van der Waals surface area contributed by atoms with Crippen molar-refractivity contribution >= 4 is 35.0 Å². The second kappa shape index (κ2) is 10.2. The number of hydrogen-bond acceptors (Lipinski definition) is 6. The minimum absolute atomic E-state index is 0.0321. The summed E-state index contributed by atoms with van der Waals surface area (Å²) >= 11 is 0. The highest BCUT2D eigenvalue weighted by atomic mass is 16.6. The topological polar surface area (TPSA) is 102 Å². The Morgan fingerprint density at radius 1 is 1.03 bits per heavy atom. The van der Waals surface area contributed by atoms with E-state index in [0.29, 0.717) is 11.3 Å². The van der Waals surface area contributed by atoms with Crippen LogP contribution in [0.4, 0.5) is 17.1 Å². The highest BCUT2D eigenvalue weighted by Gasteiger charge is 2.11. The number of piperidine rings is 1. The average Bonchev–Trinajstić information content (AvgIpc) is 2.77. The number of carbonyl (C=O) groups excluding carboxylic acids is 2. The smallest absolute Gasteiger partial charge is 0.331 e. The zero-order valence-electron chi connectivity index (χ0n) is 16.5. The number of nitro benzene ring substituents is 1. The lowest BCUT2D eigenvalue weighted by atomic mass is 10.1. The molecule has 1 aliphatic rings. The van der Waals surface area contributed by atoms with E-state index in [9.17, 15) is 19.7 Å². The van der Waals surface area contributed by atoms with Crippen LogP contribution in [0.25, 0.3) is 6.08 Å². The first-order chi connectivity index (χ1) is 14.5. The van der Waals surface area contributed by atoms with Crippen LogP contribution in [0.15, 0.2) is 54.6 Å². The van der Waals surface area contributed by atoms with E-state index in [0.717, 1.165) is 18.8 Å². The Bertz CT molecular complexity index is 917. The van der Waals surface area contributed by atoms with Gasteiger partial charge in [-0.1, -0.05) is 0 Å². The Morgan fingerprint density at radius 2 is 1.70 bits per heavy atom. The Labute approximate surface area is 174 Å². The van der Waals surface area contributed by atoms with Crippen LogP contribution in [-0.4, -0.2) is 36.5 Å². The monoisotopic (exact) mass is 409 g/mol. The lowest BCUT2D eigenvalue weighted by molar-refractivity contribution is -0.384. The fourth-order valence-electron chi connectivity index (χ4n) is 3.16. The minimum atomic E-state index is -0.677. The van der Waals surface area contributed by atoms with Crippen LogP contribution in [-0.2, 0) is 14.3 Å². The van der Waals surface area contributed by atoms with Gasteiger partial charge in [-0.05, 0) is 67.3 Å². The predicted molar refractivity (Wildman–Crippen MR) is 114 cm³/mol. The molecule has 0 spiro atoms. The molecule has 0 atom stereocenters. The number of nitro groups is 1. The average molecular weight is 409 g/mol. The SMILES string of the molecule is O=C(COC(=O)/C=C/c1ccc([N+](=O)[O-])cc1)Nc1ccc(N2CCCCC2)cc1. The number of esters is 1. The van der Waals surface area contributed by atoms with Gasteiger partial charge in [0.1, 0.15) is 0 Å². The van der Waals surface area contributed by atoms with Gasteiger partial charge in [-0.15, -0.1) is 0 Å². The van der Waals surface area contributed by atoms with E-state index in [1.54, 1.807) is 0 Å². The van der Waals surface area contributed by atoms with Crippen LogP contribution in [0.3, 0.4) is 0 Å². The molecule has 3 rings (SSSR count). The van der Waals surface area contributed by atoms with E-state index >= 15 is 0 Å². The summed E-state index contributed by atoms with van der Waals surface area (Å²) in [5.41, 5.74) is 2.35. The largest absolute Gasteiger partial charge is 0.452 e. The van der Waals surface area contributed by atoms with Crippen molar-refractivity contribution in [3.8, 4) is 0 Å². The lowest BCUT2D eigenvalue weighted by Gasteiger charge is -2.28. The second-order valence-corrected chi connectivity index (χ2v) is 6.93. The number of ether oxygens (including phenoxy) is 1. The summed E-state index contributed by atoms with van der Waals surface area (Å²) < 4.78 is 4.92. The van der Waals surface area contributed by atoms with E-state index in [1.165, 1.54) is 55.7 Å². The summed E-state index contributed by atoms with van der Waals surface area (Å²) in [6, 6.07) is 13.3. The molecule has 2 aromatic carbocycles. The number of non-ortho nitro benzene ring substituents is 1. The molecule has 1 aliphatic heterocycles. The molecule has 0 bridgehead atoms. The summed E-state index contributed by atoms with van der Waals surface area (Å²) in [6.07, 6.45) is 6.29. The Kier molecular flexibility index (Phi) is 7.15. The van der Waals surface area contributed by atoms with Gasteiger partial charge in [0.2, 0.25) is 0 Å². The summed E-state index contributed by atoms with van der Waals surface area (Å²) in [5, 5.41) is 13.3. The third-order valence-corrected chi connectivity index (χ3v) is 4.73. The fraction of sp³-hybridized carbons (Fsp3) is 0.273. The van der Waals surface area contributed by atoms with Gasteiger partial charge in [0, 0.05) is 42.7 Å². The van der Waals surface area contributed by atoms with Crippen molar-refractivity contribution < 1.29 is 19.2 Å². The van der Waals surface area contributed by atoms with Gasteiger partial charge >= 0.3 is 5.97 Å². The lowest BCUT2D eigenvalue weighted by Crippen LogP contribution is -2.29. The molecule has 0 radical (unpaired) electrons. The quantitative estimate of drug-likeness (QED) is 0.323. The third kappa shape index (κ3) is 6.16. The summed E-state index contributed by atoms with van der Waals surface area (Å²) in [6.45, 7) is 1.70. The third-order valence-electron chi connectivity index (χ3n) is 4.73. The number of carbonyl (C=O) groups is 2. The minimum Gasteiger partial charge on any atom is -0.452 e. The molecule has 2 aromatic rings. The second-order valence-electron chi connectivity index (χ2n) is 6.93. The molecule has 156 valence electrons. The van der Waals surface area contributed by atoms with Crippen molar-refractivity contribution in [1.29, 1.82) is 0 Å². The van der Waals surface area contributed by atoms with Gasteiger partial charge < -0.3 is 15.0 Å². The molecule has 30 heavy (non-hydrogen) atoms. The number of benzene rings is 2. The van der Waals surface area contributed by atoms with E-state index in [4.69, 9.17) is 4.74 Å². The van der Waals surface area contributed by atoms with Gasteiger partial charge in [-0.3, -0.25) is 14.9 Å². The first kappa shape index (κ1) is 21.0. The van der Waals surface area contributed by atoms with E-state index in [1.807, 2.05) is 24.3 Å². The van der Waals surface area contributed by atoms with Crippen LogP contribution in [0.2, 0.25) is 0 Å². The van der Waals surface area contributed by atoms with E-state index in [-0.39, 0.29) is 5.69 Å². The standard InChI is InChI=1S/C22H23N3O5/c26-21(23-18-7-11-19(12-8-18)24-14-2-1-3-15-24)16-30-22(27)13-6-17-4-9-20(10-5-17)25(28)29/h4-13H,1-3,14-16H2,(H,23,26)/b13-6+. The van der Waals surface area contributed by atoms with Gasteiger partial charge in [0.15, 0.2) is 6.61 Å².